The SMILES string of the molecule is Cc1cc(C#N)cc(NC(C)c2ccccc2C)n1. The molecule has 96 valence electrons. The third-order valence-corrected chi connectivity index (χ3v) is 3.10. The van der Waals surface area contributed by atoms with Crippen molar-refractivity contribution < 1.29 is 0 Å². The van der Waals surface area contributed by atoms with Gasteiger partial charge in [-0.25, -0.2) is 4.98 Å². The fraction of sp³-hybridized carbons (Fsp3) is 0.250. The summed E-state index contributed by atoms with van der Waals surface area (Å²) in [5.74, 6) is 0.743. The molecular weight excluding hydrogens is 234 g/mol. The summed E-state index contributed by atoms with van der Waals surface area (Å²) in [6.45, 7) is 6.08. The van der Waals surface area contributed by atoms with Gasteiger partial charge in [-0.2, -0.15) is 5.26 Å². The first-order valence-electron chi connectivity index (χ1n) is 6.31. The minimum Gasteiger partial charge on any atom is -0.363 e. The van der Waals surface area contributed by atoms with Gasteiger partial charge >= 0.3 is 0 Å². The molecule has 1 aromatic heterocycles. The van der Waals surface area contributed by atoms with E-state index >= 15 is 0 Å². The van der Waals surface area contributed by atoms with E-state index in [1.165, 1.54) is 11.1 Å². The standard InChI is InChI=1S/C16H17N3/c1-11-6-4-5-7-15(11)13(3)19-16-9-14(10-17)8-12(2)18-16/h4-9,13H,1-3H3,(H,18,19). The summed E-state index contributed by atoms with van der Waals surface area (Å²) in [5, 5.41) is 12.3. The molecule has 2 rings (SSSR count). The van der Waals surface area contributed by atoms with Crippen LogP contribution in [-0.2, 0) is 0 Å². The number of hydrogen-bond acceptors (Lipinski definition) is 3. The Hall–Kier alpha value is -2.34. The van der Waals surface area contributed by atoms with Crippen LogP contribution in [0.1, 0.15) is 35.3 Å². The van der Waals surface area contributed by atoms with E-state index in [4.69, 9.17) is 5.26 Å². The molecule has 1 aromatic carbocycles. The quantitative estimate of drug-likeness (QED) is 0.904. The lowest BCUT2D eigenvalue weighted by Gasteiger charge is -2.17. The number of rotatable bonds is 3. The Morgan fingerprint density at radius 3 is 2.63 bits per heavy atom. The Balaban J connectivity index is 2.24. The zero-order valence-electron chi connectivity index (χ0n) is 11.4. The third-order valence-electron chi connectivity index (χ3n) is 3.10. The number of hydrogen-bond donors (Lipinski definition) is 1. The third kappa shape index (κ3) is 3.11. The summed E-state index contributed by atoms with van der Waals surface area (Å²) in [5.41, 5.74) is 3.96. The van der Waals surface area contributed by atoms with Gasteiger partial charge < -0.3 is 5.32 Å². The molecule has 0 radical (unpaired) electrons. The number of anilines is 1. The van der Waals surface area contributed by atoms with E-state index in [9.17, 15) is 0 Å². The Labute approximate surface area is 113 Å². The zero-order valence-corrected chi connectivity index (χ0v) is 11.4. The molecule has 3 heteroatoms. The first kappa shape index (κ1) is 13.1. The van der Waals surface area contributed by atoms with Gasteiger partial charge in [-0.15, -0.1) is 0 Å². The van der Waals surface area contributed by atoms with Gasteiger partial charge in [0.1, 0.15) is 5.82 Å². The van der Waals surface area contributed by atoms with E-state index in [1.54, 1.807) is 12.1 Å². The van der Waals surface area contributed by atoms with Crippen molar-refractivity contribution in [1.29, 1.82) is 5.26 Å². The smallest absolute Gasteiger partial charge is 0.127 e. The minimum absolute atomic E-state index is 0.155. The Morgan fingerprint density at radius 1 is 1.21 bits per heavy atom. The molecule has 3 nitrogen and oxygen atoms in total. The highest BCUT2D eigenvalue weighted by Gasteiger charge is 2.09. The van der Waals surface area contributed by atoms with E-state index in [0.717, 1.165) is 11.5 Å². The van der Waals surface area contributed by atoms with E-state index < -0.39 is 0 Å². The van der Waals surface area contributed by atoms with Crippen molar-refractivity contribution >= 4 is 5.82 Å². The number of nitriles is 1. The van der Waals surface area contributed by atoms with Crippen LogP contribution in [0.3, 0.4) is 0 Å². The molecule has 19 heavy (non-hydrogen) atoms. The van der Waals surface area contributed by atoms with Gasteiger partial charge in [-0.1, -0.05) is 24.3 Å². The van der Waals surface area contributed by atoms with Crippen LogP contribution in [0.15, 0.2) is 36.4 Å². The molecule has 0 bridgehead atoms. The fourth-order valence-electron chi connectivity index (χ4n) is 2.18. The highest BCUT2D eigenvalue weighted by atomic mass is 15.0. The summed E-state index contributed by atoms with van der Waals surface area (Å²) in [7, 11) is 0. The average Bonchev–Trinajstić information content (AvgIpc) is 2.38. The van der Waals surface area contributed by atoms with Crippen LogP contribution in [0.25, 0.3) is 0 Å². The van der Waals surface area contributed by atoms with Crippen molar-refractivity contribution in [3.63, 3.8) is 0 Å². The van der Waals surface area contributed by atoms with Gasteiger partial charge in [0.25, 0.3) is 0 Å². The topological polar surface area (TPSA) is 48.7 Å². The largest absolute Gasteiger partial charge is 0.363 e. The Morgan fingerprint density at radius 2 is 1.95 bits per heavy atom. The summed E-state index contributed by atoms with van der Waals surface area (Å²) in [6, 6.07) is 14.1. The molecule has 0 spiro atoms. The molecule has 0 aliphatic heterocycles. The van der Waals surface area contributed by atoms with Crippen LogP contribution >= 0.6 is 0 Å². The molecule has 0 saturated carbocycles. The Bertz CT molecular complexity index is 626. The van der Waals surface area contributed by atoms with Gasteiger partial charge in [-0.3, -0.25) is 0 Å². The number of aryl methyl sites for hydroxylation is 2. The van der Waals surface area contributed by atoms with Crippen LogP contribution < -0.4 is 5.32 Å². The first-order chi connectivity index (χ1) is 9.10. The summed E-state index contributed by atoms with van der Waals surface area (Å²) < 4.78 is 0. The lowest BCUT2D eigenvalue weighted by Crippen LogP contribution is -2.09. The second-order valence-corrected chi connectivity index (χ2v) is 4.72. The number of pyridine rings is 1. The number of aromatic nitrogens is 1. The summed E-state index contributed by atoms with van der Waals surface area (Å²) >= 11 is 0. The van der Waals surface area contributed by atoms with Crippen molar-refractivity contribution in [2.24, 2.45) is 0 Å². The van der Waals surface area contributed by atoms with Crippen molar-refractivity contribution in [1.82, 2.24) is 4.98 Å². The maximum Gasteiger partial charge on any atom is 0.127 e. The number of nitrogens with one attached hydrogen (secondary N) is 1. The molecule has 0 aliphatic carbocycles. The highest BCUT2D eigenvalue weighted by molar-refractivity contribution is 5.46. The molecule has 1 atom stereocenters. The Kier molecular flexibility index (Phi) is 3.82. The maximum atomic E-state index is 8.98. The predicted molar refractivity (Wildman–Crippen MR) is 76.9 cm³/mol. The van der Waals surface area contributed by atoms with Crippen molar-refractivity contribution in [2.45, 2.75) is 26.8 Å². The van der Waals surface area contributed by atoms with E-state index in [-0.39, 0.29) is 6.04 Å². The van der Waals surface area contributed by atoms with Crippen LogP contribution in [0.4, 0.5) is 5.82 Å². The summed E-state index contributed by atoms with van der Waals surface area (Å²) in [4.78, 5) is 4.41. The molecular formula is C16H17N3. The van der Waals surface area contributed by atoms with Crippen LogP contribution in [-0.4, -0.2) is 4.98 Å². The molecule has 0 aliphatic rings. The predicted octanol–water partition coefficient (Wildman–Crippen LogP) is 3.74. The van der Waals surface area contributed by atoms with E-state index in [2.05, 4.69) is 42.4 Å². The van der Waals surface area contributed by atoms with Gasteiger partial charge in [0.2, 0.25) is 0 Å². The summed E-state index contributed by atoms with van der Waals surface area (Å²) in [6.07, 6.45) is 0. The van der Waals surface area contributed by atoms with Crippen LogP contribution in [0, 0.1) is 25.2 Å². The minimum atomic E-state index is 0.155. The number of benzene rings is 1. The molecule has 1 heterocycles. The van der Waals surface area contributed by atoms with Gasteiger partial charge in [0, 0.05) is 5.69 Å². The van der Waals surface area contributed by atoms with Gasteiger partial charge in [0.15, 0.2) is 0 Å². The van der Waals surface area contributed by atoms with Crippen molar-refractivity contribution in [3.05, 3.63) is 58.8 Å². The number of nitrogens with zero attached hydrogens (tertiary/aromatic N) is 2. The molecule has 1 N–H and O–H groups in total. The van der Waals surface area contributed by atoms with Crippen LogP contribution in [0.2, 0.25) is 0 Å². The highest BCUT2D eigenvalue weighted by Crippen LogP contribution is 2.21. The van der Waals surface area contributed by atoms with E-state index in [0.29, 0.717) is 5.56 Å². The molecule has 2 aromatic rings. The fourth-order valence-corrected chi connectivity index (χ4v) is 2.18. The first-order valence-corrected chi connectivity index (χ1v) is 6.31. The molecule has 0 saturated heterocycles. The maximum absolute atomic E-state index is 8.98. The lowest BCUT2D eigenvalue weighted by molar-refractivity contribution is 0.862. The van der Waals surface area contributed by atoms with Crippen LogP contribution in [0.5, 0.6) is 0 Å². The zero-order chi connectivity index (χ0) is 13.8. The lowest BCUT2D eigenvalue weighted by atomic mass is 10.0. The normalized spacial score (nSPS) is 11.7. The molecule has 0 amide bonds. The van der Waals surface area contributed by atoms with E-state index in [1.807, 2.05) is 19.1 Å². The van der Waals surface area contributed by atoms with Crippen molar-refractivity contribution in [2.75, 3.05) is 5.32 Å². The second kappa shape index (κ2) is 5.53. The second-order valence-electron chi connectivity index (χ2n) is 4.72. The average molecular weight is 251 g/mol. The van der Waals surface area contributed by atoms with Gasteiger partial charge in [-0.05, 0) is 44.0 Å². The molecule has 0 fully saturated rings. The van der Waals surface area contributed by atoms with Gasteiger partial charge in [0.05, 0.1) is 17.7 Å². The monoisotopic (exact) mass is 251 g/mol. The van der Waals surface area contributed by atoms with Crippen molar-refractivity contribution in [3.8, 4) is 6.07 Å². The molecule has 1 unspecified atom stereocenters.